The molecule has 0 aliphatic heterocycles. The Morgan fingerprint density at radius 2 is 1.78 bits per heavy atom. The van der Waals surface area contributed by atoms with E-state index in [9.17, 15) is 14.4 Å². The number of hydrogen-bond donors (Lipinski definition) is 1. The van der Waals surface area contributed by atoms with Crippen LogP contribution >= 0.6 is 0 Å². The van der Waals surface area contributed by atoms with Crippen molar-refractivity contribution in [1.82, 2.24) is 5.32 Å². The lowest BCUT2D eigenvalue weighted by Crippen LogP contribution is -2.65. The zero-order valence-corrected chi connectivity index (χ0v) is 15.3. The summed E-state index contributed by atoms with van der Waals surface area (Å²) in [5.74, 6) is -1.56. The Balaban J connectivity index is 1.95. The summed E-state index contributed by atoms with van der Waals surface area (Å²) in [6, 6.07) is 8.57. The van der Waals surface area contributed by atoms with E-state index in [4.69, 9.17) is 14.2 Å². The maximum absolute atomic E-state index is 13.0. The van der Waals surface area contributed by atoms with Crippen LogP contribution in [0.3, 0.4) is 0 Å². The SMILES string of the molecule is CCOC(=O)O[C@H]1[C@H]2C=C[C@H](C2)[C@]1(NC(=O)c1ccccc1)C(=O)OCC. The summed E-state index contributed by atoms with van der Waals surface area (Å²) >= 11 is 0. The molecule has 0 saturated heterocycles. The van der Waals surface area contributed by atoms with Crippen LogP contribution in [-0.4, -0.2) is 42.9 Å². The molecule has 1 aromatic carbocycles. The van der Waals surface area contributed by atoms with Crippen molar-refractivity contribution < 1.29 is 28.6 Å². The molecular weight excluding hydrogens is 350 g/mol. The standard InChI is InChI=1S/C20H23NO6/c1-3-25-18(23)20(21-17(22)13-8-6-5-7-9-13)15-11-10-14(12-15)16(20)27-19(24)26-4-2/h5-11,14-16H,3-4,12H2,1-2H3,(H,21,22)/t14-,15+,16-,20+/m0/s1. The third-order valence-corrected chi connectivity index (χ3v) is 4.99. The predicted molar refractivity (Wildman–Crippen MR) is 95.9 cm³/mol. The molecule has 0 aromatic heterocycles. The molecule has 144 valence electrons. The van der Waals surface area contributed by atoms with E-state index in [-0.39, 0.29) is 25.0 Å². The van der Waals surface area contributed by atoms with Gasteiger partial charge in [0.1, 0.15) is 6.10 Å². The highest BCUT2D eigenvalue weighted by Crippen LogP contribution is 2.49. The zero-order chi connectivity index (χ0) is 19.4. The fraction of sp³-hybridized carbons (Fsp3) is 0.450. The lowest BCUT2D eigenvalue weighted by molar-refractivity contribution is -0.157. The molecule has 1 saturated carbocycles. The van der Waals surface area contributed by atoms with Crippen molar-refractivity contribution in [3.05, 3.63) is 48.0 Å². The molecule has 0 heterocycles. The minimum absolute atomic E-state index is 0.148. The number of esters is 1. The van der Waals surface area contributed by atoms with Crippen molar-refractivity contribution >= 4 is 18.0 Å². The van der Waals surface area contributed by atoms with E-state index >= 15 is 0 Å². The van der Waals surface area contributed by atoms with Gasteiger partial charge in [-0.25, -0.2) is 9.59 Å². The highest BCUT2D eigenvalue weighted by Gasteiger charge is 2.64. The van der Waals surface area contributed by atoms with Crippen LogP contribution in [0.15, 0.2) is 42.5 Å². The molecule has 7 heteroatoms. The fourth-order valence-electron chi connectivity index (χ4n) is 3.86. The van der Waals surface area contributed by atoms with Crippen molar-refractivity contribution in [2.75, 3.05) is 13.2 Å². The molecule has 4 atom stereocenters. The number of benzene rings is 1. The van der Waals surface area contributed by atoms with Gasteiger partial charge in [-0.2, -0.15) is 0 Å². The van der Waals surface area contributed by atoms with Gasteiger partial charge in [-0.1, -0.05) is 30.4 Å². The normalized spacial score (nSPS) is 27.9. The van der Waals surface area contributed by atoms with Gasteiger partial charge in [0.05, 0.1) is 13.2 Å². The average molecular weight is 373 g/mol. The summed E-state index contributed by atoms with van der Waals surface area (Å²) in [4.78, 5) is 37.8. The summed E-state index contributed by atoms with van der Waals surface area (Å²) in [6.45, 7) is 3.65. The number of carbonyl (C=O) groups excluding carboxylic acids is 3. The first-order valence-electron chi connectivity index (χ1n) is 9.09. The Hall–Kier alpha value is -2.83. The molecule has 3 rings (SSSR count). The van der Waals surface area contributed by atoms with Gasteiger partial charge in [-0.15, -0.1) is 0 Å². The highest BCUT2D eigenvalue weighted by atomic mass is 16.7. The van der Waals surface area contributed by atoms with E-state index < -0.39 is 29.7 Å². The number of rotatable bonds is 6. The van der Waals surface area contributed by atoms with Crippen molar-refractivity contribution in [3.8, 4) is 0 Å². The van der Waals surface area contributed by atoms with Gasteiger partial charge < -0.3 is 19.5 Å². The summed E-state index contributed by atoms with van der Waals surface area (Å²) < 4.78 is 15.6. The first kappa shape index (κ1) is 18.9. The molecule has 1 aromatic rings. The Morgan fingerprint density at radius 1 is 1.07 bits per heavy atom. The molecule has 0 spiro atoms. The number of ether oxygens (including phenoxy) is 3. The van der Waals surface area contributed by atoms with E-state index in [0.717, 1.165) is 0 Å². The van der Waals surface area contributed by atoms with Gasteiger partial charge in [-0.05, 0) is 32.4 Å². The molecule has 1 amide bonds. The van der Waals surface area contributed by atoms with Gasteiger partial charge in [0.25, 0.3) is 5.91 Å². The van der Waals surface area contributed by atoms with Crippen LogP contribution in [0.25, 0.3) is 0 Å². The van der Waals surface area contributed by atoms with E-state index in [2.05, 4.69) is 5.32 Å². The maximum atomic E-state index is 13.0. The lowest BCUT2D eigenvalue weighted by Gasteiger charge is -2.39. The molecule has 7 nitrogen and oxygen atoms in total. The monoisotopic (exact) mass is 373 g/mol. The first-order chi connectivity index (χ1) is 13.0. The minimum Gasteiger partial charge on any atom is -0.464 e. The van der Waals surface area contributed by atoms with E-state index in [1.807, 2.05) is 12.2 Å². The molecular formula is C20H23NO6. The highest BCUT2D eigenvalue weighted by molar-refractivity contribution is 5.99. The second-order valence-electron chi connectivity index (χ2n) is 6.52. The van der Waals surface area contributed by atoms with Crippen LogP contribution in [0.5, 0.6) is 0 Å². The van der Waals surface area contributed by atoms with Crippen molar-refractivity contribution in [1.29, 1.82) is 0 Å². The van der Waals surface area contributed by atoms with E-state index in [0.29, 0.717) is 12.0 Å². The van der Waals surface area contributed by atoms with Crippen LogP contribution in [0.4, 0.5) is 4.79 Å². The van der Waals surface area contributed by atoms with Crippen molar-refractivity contribution in [2.24, 2.45) is 11.8 Å². The summed E-state index contributed by atoms with van der Waals surface area (Å²) in [6.07, 6.45) is 2.60. The molecule has 2 aliphatic rings. The van der Waals surface area contributed by atoms with Gasteiger partial charge in [0.15, 0.2) is 5.54 Å². The summed E-state index contributed by atoms with van der Waals surface area (Å²) in [5.41, 5.74) is -1.07. The second-order valence-corrected chi connectivity index (χ2v) is 6.52. The lowest BCUT2D eigenvalue weighted by atomic mass is 9.81. The van der Waals surface area contributed by atoms with Gasteiger partial charge >= 0.3 is 12.1 Å². The Morgan fingerprint density at radius 3 is 2.44 bits per heavy atom. The topological polar surface area (TPSA) is 90.9 Å². The van der Waals surface area contributed by atoms with Gasteiger partial charge in [-0.3, -0.25) is 4.79 Å². The number of nitrogens with one attached hydrogen (secondary N) is 1. The largest absolute Gasteiger partial charge is 0.508 e. The average Bonchev–Trinajstić information content (AvgIpc) is 3.25. The quantitative estimate of drug-likeness (QED) is 0.608. The Labute approximate surface area is 157 Å². The maximum Gasteiger partial charge on any atom is 0.508 e. The van der Waals surface area contributed by atoms with Crippen LogP contribution in [0.1, 0.15) is 30.6 Å². The molecule has 0 unspecified atom stereocenters. The second kappa shape index (κ2) is 7.82. The van der Waals surface area contributed by atoms with Crippen LogP contribution in [0, 0.1) is 11.8 Å². The van der Waals surface area contributed by atoms with Crippen molar-refractivity contribution in [2.45, 2.75) is 31.9 Å². The molecule has 1 fully saturated rings. The summed E-state index contributed by atoms with van der Waals surface area (Å²) in [7, 11) is 0. The van der Waals surface area contributed by atoms with Gasteiger partial charge in [0, 0.05) is 17.4 Å². The van der Waals surface area contributed by atoms with E-state index in [1.165, 1.54) is 0 Å². The molecule has 27 heavy (non-hydrogen) atoms. The first-order valence-corrected chi connectivity index (χ1v) is 9.09. The Kier molecular flexibility index (Phi) is 5.48. The zero-order valence-electron chi connectivity index (χ0n) is 15.3. The third-order valence-electron chi connectivity index (χ3n) is 4.99. The summed E-state index contributed by atoms with van der Waals surface area (Å²) in [5, 5.41) is 2.82. The predicted octanol–water partition coefficient (Wildman–Crippen LogP) is 2.47. The van der Waals surface area contributed by atoms with E-state index in [1.54, 1.807) is 44.2 Å². The molecule has 2 bridgehead atoms. The van der Waals surface area contributed by atoms with Crippen molar-refractivity contribution in [3.63, 3.8) is 0 Å². The van der Waals surface area contributed by atoms with Crippen LogP contribution < -0.4 is 5.32 Å². The molecule has 0 radical (unpaired) electrons. The number of amides is 1. The third kappa shape index (κ3) is 3.41. The number of hydrogen-bond acceptors (Lipinski definition) is 6. The smallest absolute Gasteiger partial charge is 0.464 e. The van der Waals surface area contributed by atoms with Gasteiger partial charge in [0.2, 0.25) is 0 Å². The molecule has 1 N–H and O–H groups in total. The van der Waals surface area contributed by atoms with Crippen LogP contribution in [0.2, 0.25) is 0 Å². The minimum atomic E-state index is -1.48. The van der Waals surface area contributed by atoms with Crippen LogP contribution in [-0.2, 0) is 19.0 Å². The fourth-order valence-corrected chi connectivity index (χ4v) is 3.86. The number of carbonyl (C=O) groups is 3. The number of fused-ring (bicyclic) bond motifs is 2. The Bertz CT molecular complexity index is 746. The molecule has 2 aliphatic carbocycles.